The third-order valence-electron chi connectivity index (χ3n) is 1.59. The third-order valence-corrected chi connectivity index (χ3v) is 2.40. The van der Waals surface area contributed by atoms with Crippen molar-refractivity contribution < 1.29 is 0 Å². The summed E-state index contributed by atoms with van der Waals surface area (Å²) in [6.07, 6.45) is 0.948. The highest BCUT2D eigenvalue weighted by molar-refractivity contribution is 6.30. The monoisotopic (exact) mass is 188 g/mol. The highest BCUT2D eigenvalue weighted by Crippen LogP contribution is 2.24. The molecule has 60 valence electrons. The maximum atomic E-state index is 6.00. The van der Waals surface area contributed by atoms with Crippen molar-refractivity contribution in [3.05, 3.63) is 34.9 Å². The second-order valence-electron chi connectivity index (χ2n) is 2.43. The second-order valence-corrected chi connectivity index (χ2v) is 3.39. The molecule has 0 fully saturated rings. The van der Waals surface area contributed by atoms with Crippen LogP contribution in [-0.4, -0.2) is 0 Å². The predicted octanol–water partition coefficient (Wildman–Crippen LogP) is 4.03. The average molecular weight is 189 g/mol. The smallest absolute Gasteiger partial charge is 0.0582 e. The minimum absolute atomic E-state index is 0.118. The van der Waals surface area contributed by atoms with Gasteiger partial charge in [-0.05, 0) is 24.1 Å². The Bertz CT molecular complexity index is 216. The quantitative estimate of drug-likeness (QED) is 0.616. The summed E-state index contributed by atoms with van der Waals surface area (Å²) in [7, 11) is 0. The summed E-state index contributed by atoms with van der Waals surface area (Å²) in [5, 5.41) is 0.876. The molecule has 1 aromatic rings. The molecule has 1 aromatic carbocycles. The van der Waals surface area contributed by atoms with Crippen LogP contribution in [-0.2, 0) is 0 Å². The Morgan fingerprint density at radius 1 is 1.27 bits per heavy atom. The van der Waals surface area contributed by atoms with Crippen LogP contribution in [0.15, 0.2) is 24.3 Å². The van der Waals surface area contributed by atoms with Gasteiger partial charge < -0.3 is 0 Å². The van der Waals surface area contributed by atoms with Gasteiger partial charge in [0.15, 0.2) is 0 Å². The Morgan fingerprint density at radius 3 is 2.27 bits per heavy atom. The van der Waals surface area contributed by atoms with Gasteiger partial charge in [0.05, 0.1) is 5.38 Å². The molecule has 0 unspecified atom stereocenters. The molecule has 0 radical (unpaired) electrons. The zero-order valence-corrected chi connectivity index (χ0v) is 7.86. The van der Waals surface area contributed by atoms with Crippen molar-refractivity contribution in [2.45, 2.75) is 18.7 Å². The number of rotatable bonds is 2. The number of hydrogen-bond acceptors (Lipinski definition) is 0. The number of hydrogen-bond donors (Lipinski definition) is 0. The van der Waals surface area contributed by atoms with Crippen molar-refractivity contribution in [3.8, 4) is 0 Å². The van der Waals surface area contributed by atoms with Crippen molar-refractivity contribution in [2.24, 2.45) is 0 Å². The molecule has 0 aliphatic heterocycles. The largest absolute Gasteiger partial charge is 0.118 e. The first-order valence-corrected chi connectivity index (χ1v) is 4.45. The Balaban J connectivity index is 2.81. The number of benzene rings is 1. The van der Waals surface area contributed by atoms with Crippen LogP contribution in [0.5, 0.6) is 0 Å². The molecule has 0 aliphatic carbocycles. The molecule has 0 amide bonds. The van der Waals surface area contributed by atoms with E-state index in [0.717, 1.165) is 17.0 Å². The highest BCUT2D eigenvalue weighted by atomic mass is 35.5. The van der Waals surface area contributed by atoms with E-state index in [0.29, 0.717) is 0 Å². The minimum Gasteiger partial charge on any atom is -0.118 e. The van der Waals surface area contributed by atoms with E-state index in [4.69, 9.17) is 23.2 Å². The van der Waals surface area contributed by atoms with E-state index in [-0.39, 0.29) is 5.38 Å². The van der Waals surface area contributed by atoms with E-state index in [1.54, 1.807) is 0 Å². The minimum atomic E-state index is 0.118. The first-order chi connectivity index (χ1) is 5.24. The van der Waals surface area contributed by atoms with E-state index >= 15 is 0 Å². The van der Waals surface area contributed by atoms with Gasteiger partial charge in [0.2, 0.25) is 0 Å². The van der Waals surface area contributed by atoms with Crippen LogP contribution < -0.4 is 0 Å². The van der Waals surface area contributed by atoms with Crippen LogP contribution in [0.1, 0.15) is 24.3 Å². The summed E-state index contributed by atoms with van der Waals surface area (Å²) in [6, 6.07) is 7.65. The van der Waals surface area contributed by atoms with E-state index < -0.39 is 0 Å². The summed E-state index contributed by atoms with van der Waals surface area (Å²) < 4.78 is 0. The highest BCUT2D eigenvalue weighted by Gasteiger charge is 2.03. The predicted molar refractivity (Wildman–Crippen MR) is 50.3 cm³/mol. The second kappa shape index (κ2) is 3.99. The van der Waals surface area contributed by atoms with Gasteiger partial charge in [0.1, 0.15) is 0 Å². The fourth-order valence-corrected chi connectivity index (χ4v) is 1.18. The van der Waals surface area contributed by atoms with Gasteiger partial charge in [-0.25, -0.2) is 0 Å². The van der Waals surface area contributed by atoms with E-state index in [2.05, 4.69) is 6.92 Å². The fraction of sp³-hybridized carbons (Fsp3) is 0.333. The maximum Gasteiger partial charge on any atom is 0.0582 e. The van der Waals surface area contributed by atoms with Crippen LogP contribution >= 0.6 is 23.2 Å². The van der Waals surface area contributed by atoms with Crippen LogP contribution in [0.4, 0.5) is 0 Å². The molecular formula is C9H10Cl2. The van der Waals surface area contributed by atoms with Crippen molar-refractivity contribution in [3.63, 3.8) is 0 Å². The Labute approximate surface area is 77.1 Å². The van der Waals surface area contributed by atoms with Crippen molar-refractivity contribution >= 4 is 23.2 Å². The third kappa shape index (κ3) is 2.39. The molecule has 0 aliphatic rings. The van der Waals surface area contributed by atoms with Crippen molar-refractivity contribution in [2.75, 3.05) is 0 Å². The topological polar surface area (TPSA) is 0 Å². The number of halogens is 2. The van der Waals surface area contributed by atoms with Crippen LogP contribution in [0.2, 0.25) is 5.02 Å². The van der Waals surface area contributed by atoms with E-state index in [9.17, 15) is 0 Å². The summed E-state index contributed by atoms with van der Waals surface area (Å²) in [4.78, 5) is 0. The zero-order valence-electron chi connectivity index (χ0n) is 6.35. The fourth-order valence-electron chi connectivity index (χ4n) is 0.907. The molecule has 0 nitrogen and oxygen atoms in total. The van der Waals surface area contributed by atoms with Gasteiger partial charge in [-0.3, -0.25) is 0 Å². The molecule has 0 spiro atoms. The molecule has 0 bridgehead atoms. The van der Waals surface area contributed by atoms with Gasteiger partial charge in [0, 0.05) is 5.02 Å². The summed E-state index contributed by atoms with van der Waals surface area (Å²) in [5.41, 5.74) is 1.14. The Hall–Kier alpha value is -0.200. The molecule has 0 N–H and O–H groups in total. The molecule has 1 rings (SSSR count). The van der Waals surface area contributed by atoms with Crippen LogP contribution in [0.25, 0.3) is 0 Å². The van der Waals surface area contributed by atoms with Gasteiger partial charge in [-0.1, -0.05) is 30.7 Å². The lowest BCUT2D eigenvalue weighted by atomic mass is 10.1. The molecular weight excluding hydrogens is 179 g/mol. The molecule has 11 heavy (non-hydrogen) atoms. The first-order valence-electron chi connectivity index (χ1n) is 3.63. The average Bonchev–Trinajstić information content (AvgIpc) is 2.05. The summed E-state index contributed by atoms with van der Waals surface area (Å²) >= 11 is 11.7. The first kappa shape index (κ1) is 8.89. The summed E-state index contributed by atoms with van der Waals surface area (Å²) in [5.74, 6) is 0. The normalized spacial score (nSPS) is 13.0. The lowest BCUT2D eigenvalue weighted by molar-refractivity contribution is 0.884. The van der Waals surface area contributed by atoms with Crippen LogP contribution in [0, 0.1) is 0 Å². The molecule has 2 heteroatoms. The number of alkyl halides is 1. The molecule has 0 saturated heterocycles. The van der Waals surface area contributed by atoms with Gasteiger partial charge in [-0.2, -0.15) is 0 Å². The Kier molecular flexibility index (Phi) is 3.22. The van der Waals surface area contributed by atoms with Gasteiger partial charge in [0.25, 0.3) is 0 Å². The van der Waals surface area contributed by atoms with Crippen molar-refractivity contribution in [1.29, 1.82) is 0 Å². The van der Waals surface area contributed by atoms with Crippen molar-refractivity contribution in [1.82, 2.24) is 0 Å². The summed E-state index contributed by atoms with van der Waals surface area (Å²) in [6.45, 7) is 2.06. The lowest BCUT2D eigenvalue weighted by Gasteiger charge is -2.05. The van der Waals surface area contributed by atoms with Gasteiger partial charge in [-0.15, -0.1) is 11.6 Å². The van der Waals surface area contributed by atoms with E-state index in [1.165, 1.54) is 0 Å². The van der Waals surface area contributed by atoms with Gasteiger partial charge >= 0.3 is 0 Å². The Morgan fingerprint density at radius 2 is 1.82 bits per heavy atom. The van der Waals surface area contributed by atoms with E-state index in [1.807, 2.05) is 24.3 Å². The molecule has 0 heterocycles. The zero-order chi connectivity index (χ0) is 8.27. The maximum absolute atomic E-state index is 6.00. The molecule has 1 atom stereocenters. The standard InChI is InChI=1S/C9H10Cl2/c1-2-9(11)7-3-5-8(10)6-4-7/h3-6,9H,2H2,1H3/t9-/m0/s1. The molecule has 0 aromatic heterocycles. The molecule has 0 saturated carbocycles. The van der Waals surface area contributed by atoms with Crippen LogP contribution in [0.3, 0.4) is 0 Å². The SMILES string of the molecule is CC[C@H](Cl)c1ccc(Cl)cc1. The lowest BCUT2D eigenvalue weighted by Crippen LogP contribution is -1.86.